The van der Waals surface area contributed by atoms with E-state index in [1.165, 1.54) is 23.5 Å². The van der Waals surface area contributed by atoms with Gasteiger partial charge in [0.1, 0.15) is 15.5 Å². The van der Waals surface area contributed by atoms with Gasteiger partial charge >= 0.3 is 0 Å². The van der Waals surface area contributed by atoms with E-state index in [4.69, 9.17) is 11.6 Å². The third-order valence-corrected chi connectivity index (χ3v) is 5.29. The molecule has 0 aliphatic rings. The maximum atomic E-state index is 12.9. The molecule has 4 aromatic rings. The second-order valence-corrected chi connectivity index (χ2v) is 7.11. The smallest absolute Gasteiger partial charge is 0.266 e. The molecule has 0 aliphatic carbocycles. The zero-order valence-electron chi connectivity index (χ0n) is 13.4. The number of rotatable bonds is 3. The molecule has 0 radical (unpaired) electrons. The molecule has 0 fully saturated rings. The van der Waals surface area contributed by atoms with Crippen LogP contribution in [0.5, 0.6) is 5.75 Å². The van der Waals surface area contributed by atoms with Gasteiger partial charge in [-0.2, -0.15) is 0 Å². The number of amides is 1. The zero-order chi connectivity index (χ0) is 18.1. The van der Waals surface area contributed by atoms with Crippen molar-refractivity contribution in [2.45, 2.75) is 0 Å². The van der Waals surface area contributed by atoms with Crippen LogP contribution in [-0.2, 0) is 0 Å². The number of halogens is 1. The van der Waals surface area contributed by atoms with Crippen molar-refractivity contribution in [2.24, 2.45) is 0 Å². The maximum absolute atomic E-state index is 12.9. The first-order valence-corrected chi connectivity index (χ1v) is 9.05. The molecule has 4 rings (SSSR count). The summed E-state index contributed by atoms with van der Waals surface area (Å²) in [6.45, 7) is 0. The molecule has 0 saturated heterocycles. The van der Waals surface area contributed by atoms with Gasteiger partial charge in [0.15, 0.2) is 0 Å². The molecule has 0 unspecified atom stereocenters. The topological polar surface area (TPSA) is 62.2 Å². The van der Waals surface area contributed by atoms with E-state index in [1.54, 1.807) is 30.5 Å². The molecule has 0 aliphatic heterocycles. The number of nitrogens with zero attached hydrogens (tertiary/aromatic N) is 1. The molecule has 0 spiro atoms. The fourth-order valence-electron chi connectivity index (χ4n) is 2.73. The monoisotopic (exact) mass is 380 g/mol. The van der Waals surface area contributed by atoms with E-state index in [-0.39, 0.29) is 11.7 Å². The Labute approximate surface area is 158 Å². The Bertz CT molecular complexity index is 1090. The van der Waals surface area contributed by atoms with Crippen LogP contribution >= 0.6 is 22.9 Å². The number of hydrogen-bond acceptors (Lipinski definition) is 4. The third kappa shape index (κ3) is 3.14. The van der Waals surface area contributed by atoms with Crippen LogP contribution in [0.25, 0.3) is 21.3 Å². The molecule has 2 aromatic heterocycles. The number of pyridine rings is 1. The highest BCUT2D eigenvalue weighted by Gasteiger charge is 2.20. The number of carbonyl (C=O) groups excluding carboxylic acids is 1. The number of aromatic hydroxyl groups is 1. The van der Waals surface area contributed by atoms with E-state index in [1.807, 2.05) is 24.3 Å². The van der Waals surface area contributed by atoms with E-state index in [0.717, 1.165) is 21.3 Å². The SMILES string of the molecule is O=C(Nc1ccc(O)cc1)c1sc2ncccc2c1-c1ccc(Cl)cc1. The van der Waals surface area contributed by atoms with Crippen molar-refractivity contribution in [1.29, 1.82) is 0 Å². The van der Waals surface area contributed by atoms with Crippen LogP contribution in [-0.4, -0.2) is 16.0 Å². The quantitative estimate of drug-likeness (QED) is 0.456. The molecular formula is C20H13ClN2O2S. The van der Waals surface area contributed by atoms with Crippen LogP contribution in [0.4, 0.5) is 5.69 Å². The van der Waals surface area contributed by atoms with Gasteiger partial charge in [0.2, 0.25) is 0 Å². The van der Waals surface area contributed by atoms with E-state index in [2.05, 4.69) is 10.3 Å². The number of fused-ring (bicyclic) bond motifs is 1. The van der Waals surface area contributed by atoms with Gasteiger partial charge in [-0.3, -0.25) is 4.79 Å². The molecule has 128 valence electrons. The second-order valence-electron chi connectivity index (χ2n) is 5.67. The van der Waals surface area contributed by atoms with Crippen LogP contribution < -0.4 is 5.32 Å². The van der Waals surface area contributed by atoms with Gasteiger partial charge in [-0.05, 0) is 54.1 Å². The number of aromatic nitrogens is 1. The summed E-state index contributed by atoms with van der Waals surface area (Å²) in [5.74, 6) is -0.0699. The minimum absolute atomic E-state index is 0.149. The summed E-state index contributed by atoms with van der Waals surface area (Å²) in [5.41, 5.74) is 2.36. The van der Waals surface area contributed by atoms with Gasteiger partial charge in [-0.25, -0.2) is 4.98 Å². The Morgan fingerprint density at radius 2 is 1.77 bits per heavy atom. The summed E-state index contributed by atoms with van der Waals surface area (Å²) in [7, 11) is 0. The van der Waals surface area contributed by atoms with Crippen LogP contribution in [0, 0.1) is 0 Å². The maximum Gasteiger partial charge on any atom is 0.266 e. The van der Waals surface area contributed by atoms with Crippen molar-refractivity contribution in [3.63, 3.8) is 0 Å². The summed E-state index contributed by atoms with van der Waals surface area (Å²) in [4.78, 5) is 18.7. The predicted molar refractivity (Wildman–Crippen MR) is 106 cm³/mol. The van der Waals surface area contributed by atoms with Gasteiger partial charge in [-0.1, -0.05) is 23.7 Å². The third-order valence-electron chi connectivity index (χ3n) is 3.93. The number of thiophene rings is 1. The second kappa shape index (κ2) is 6.78. The fourth-order valence-corrected chi connectivity index (χ4v) is 3.91. The van der Waals surface area contributed by atoms with Crippen LogP contribution in [0.1, 0.15) is 9.67 Å². The number of hydrogen-bond donors (Lipinski definition) is 2. The van der Waals surface area contributed by atoms with Gasteiger partial charge in [0.05, 0.1) is 0 Å². The number of anilines is 1. The Hall–Kier alpha value is -2.89. The highest BCUT2D eigenvalue weighted by atomic mass is 35.5. The number of benzene rings is 2. The molecule has 6 heteroatoms. The summed E-state index contributed by atoms with van der Waals surface area (Å²) in [6.07, 6.45) is 1.71. The van der Waals surface area contributed by atoms with Crippen molar-refractivity contribution in [1.82, 2.24) is 4.98 Å². The molecule has 2 aromatic carbocycles. The highest BCUT2D eigenvalue weighted by Crippen LogP contribution is 2.38. The lowest BCUT2D eigenvalue weighted by molar-refractivity contribution is 0.103. The minimum Gasteiger partial charge on any atom is -0.508 e. The van der Waals surface area contributed by atoms with Crippen LogP contribution in [0.2, 0.25) is 5.02 Å². The molecular weight excluding hydrogens is 368 g/mol. The normalized spacial score (nSPS) is 10.8. The van der Waals surface area contributed by atoms with Crippen molar-refractivity contribution in [3.05, 3.63) is 76.8 Å². The summed E-state index contributed by atoms with van der Waals surface area (Å²) >= 11 is 7.35. The molecule has 2 heterocycles. The minimum atomic E-state index is -0.219. The van der Waals surface area contributed by atoms with Gasteiger partial charge in [0, 0.05) is 27.9 Å². The molecule has 1 amide bonds. The molecule has 0 atom stereocenters. The lowest BCUT2D eigenvalue weighted by Gasteiger charge is -2.07. The highest BCUT2D eigenvalue weighted by molar-refractivity contribution is 7.21. The lowest BCUT2D eigenvalue weighted by atomic mass is 10.0. The lowest BCUT2D eigenvalue weighted by Crippen LogP contribution is -2.11. The summed E-state index contributed by atoms with van der Waals surface area (Å²) in [5, 5.41) is 13.8. The van der Waals surface area contributed by atoms with Crippen LogP contribution in [0.3, 0.4) is 0 Å². The van der Waals surface area contributed by atoms with Crippen LogP contribution in [0.15, 0.2) is 66.9 Å². The molecule has 0 saturated carbocycles. The van der Waals surface area contributed by atoms with E-state index >= 15 is 0 Å². The largest absolute Gasteiger partial charge is 0.508 e. The van der Waals surface area contributed by atoms with Gasteiger partial charge < -0.3 is 10.4 Å². The van der Waals surface area contributed by atoms with Gasteiger partial charge in [-0.15, -0.1) is 11.3 Å². The van der Waals surface area contributed by atoms with Crippen molar-refractivity contribution < 1.29 is 9.90 Å². The average molecular weight is 381 g/mol. The fraction of sp³-hybridized carbons (Fsp3) is 0. The Balaban J connectivity index is 1.81. The number of carbonyl (C=O) groups is 1. The number of nitrogens with one attached hydrogen (secondary N) is 1. The summed E-state index contributed by atoms with van der Waals surface area (Å²) < 4.78 is 0. The summed E-state index contributed by atoms with van der Waals surface area (Å²) in [6, 6.07) is 17.6. The first kappa shape index (κ1) is 16.6. The first-order chi connectivity index (χ1) is 12.6. The zero-order valence-corrected chi connectivity index (χ0v) is 15.0. The number of phenolic OH excluding ortho intramolecular Hbond substituents is 1. The predicted octanol–water partition coefficient (Wildman–Crippen LogP) is 5.57. The Kier molecular flexibility index (Phi) is 4.32. The van der Waals surface area contributed by atoms with Crippen molar-refractivity contribution >= 4 is 44.7 Å². The Morgan fingerprint density at radius 1 is 1.04 bits per heavy atom. The molecule has 2 N–H and O–H groups in total. The first-order valence-electron chi connectivity index (χ1n) is 7.85. The van der Waals surface area contributed by atoms with Gasteiger partial charge in [0.25, 0.3) is 5.91 Å². The number of phenols is 1. The van der Waals surface area contributed by atoms with E-state index in [9.17, 15) is 9.90 Å². The van der Waals surface area contributed by atoms with Crippen molar-refractivity contribution in [3.8, 4) is 16.9 Å². The average Bonchev–Trinajstić information content (AvgIpc) is 3.04. The Morgan fingerprint density at radius 3 is 2.50 bits per heavy atom. The molecule has 0 bridgehead atoms. The van der Waals surface area contributed by atoms with E-state index < -0.39 is 0 Å². The van der Waals surface area contributed by atoms with Crippen molar-refractivity contribution in [2.75, 3.05) is 5.32 Å². The van der Waals surface area contributed by atoms with E-state index in [0.29, 0.717) is 15.6 Å². The molecule has 4 nitrogen and oxygen atoms in total. The standard InChI is InChI=1S/C20H13ClN2O2S/c21-13-5-3-12(4-6-13)17-16-2-1-11-22-20(16)26-18(17)19(25)23-14-7-9-15(24)10-8-14/h1-11,24H,(H,23,25). The molecule has 26 heavy (non-hydrogen) atoms.